The molecular weight excluding hydrogens is 524 g/mol. The minimum atomic E-state index is -0.600. The molecule has 0 spiro atoms. The van der Waals surface area contributed by atoms with Crippen molar-refractivity contribution in [3.05, 3.63) is 71.5 Å². The van der Waals surface area contributed by atoms with Crippen molar-refractivity contribution < 1.29 is 23.9 Å². The summed E-state index contributed by atoms with van der Waals surface area (Å²) < 4.78 is 11.1. The van der Waals surface area contributed by atoms with Crippen LogP contribution in [0.2, 0.25) is 0 Å². The number of carbonyl (C=O) groups excluding carboxylic acids is 3. The summed E-state index contributed by atoms with van der Waals surface area (Å²) in [5, 5.41) is 6.00. The van der Waals surface area contributed by atoms with Crippen LogP contribution in [0.5, 0.6) is 5.75 Å². The van der Waals surface area contributed by atoms with Gasteiger partial charge >= 0.3 is 6.09 Å². The quantitative estimate of drug-likeness (QED) is 0.429. The minimum absolute atomic E-state index is 0.0136. The van der Waals surface area contributed by atoms with Gasteiger partial charge in [-0.25, -0.2) is 14.8 Å². The van der Waals surface area contributed by atoms with Gasteiger partial charge in [0.2, 0.25) is 0 Å². The van der Waals surface area contributed by atoms with Crippen LogP contribution < -0.4 is 21.1 Å². The fourth-order valence-electron chi connectivity index (χ4n) is 4.88. The number of amides is 3. The molecule has 214 valence electrons. The lowest BCUT2D eigenvalue weighted by atomic mass is 10.00. The number of nitrogens with two attached hydrogens (primary N) is 1. The molecule has 0 radical (unpaired) electrons. The molecule has 1 unspecified atom stereocenters. The Morgan fingerprint density at radius 3 is 2.66 bits per heavy atom. The van der Waals surface area contributed by atoms with E-state index in [4.69, 9.17) is 15.2 Å². The molecule has 41 heavy (non-hydrogen) atoms. The van der Waals surface area contributed by atoms with Crippen LogP contribution in [0.25, 0.3) is 11.3 Å². The molecule has 2 aliphatic heterocycles. The largest absolute Gasteiger partial charge is 0.493 e. The van der Waals surface area contributed by atoms with Crippen LogP contribution in [0.1, 0.15) is 66.1 Å². The number of para-hydroxylation sites is 1. The molecule has 3 amide bonds. The van der Waals surface area contributed by atoms with E-state index in [2.05, 4.69) is 20.6 Å². The highest BCUT2D eigenvalue weighted by atomic mass is 16.6. The minimum Gasteiger partial charge on any atom is -0.493 e. The molecule has 0 aliphatic carbocycles. The van der Waals surface area contributed by atoms with Gasteiger partial charge in [-0.05, 0) is 45.4 Å². The first-order chi connectivity index (χ1) is 19.6. The first-order valence-corrected chi connectivity index (χ1v) is 13.6. The zero-order valence-electron chi connectivity index (χ0n) is 23.3. The fraction of sp³-hybridized carbons (Fsp3) is 0.367. The van der Waals surface area contributed by atoms with E-state index in [1.165, 1.54) is 6.20 Å². The number of anilines is 1. The van der Waals surface area contributed by atoms with Crippen molar-refractivity contribution in [2.75, 3.05) is 25.4 Å². The van der Waals surface area contributed by atoms with Gasteiger partial charge in [0.1, 0.15) is 11.4 Å². The predicted molar refractivity (Wildman–Crippen MR) is 152 cm³/mol. The van der Waals surface area contributed by atoms with E-state index in [0.29, 0.717) is 49.4 Å². The van der Waals surface area contributed by atoms with Gasteiger partial charge in [-0.15, -0.1) is 0 Å². The summed E-state index contributed by atoms with van der Waals surface area (Å²) in [4.78, 5) is 48.9. The molecule has 1 saturated heterocycles. The van der Waals surface area contributed by atoms with Crippen LogP contribution in [0.4, 0.5) is 10.6 Å². The van der Waals surface area contributed by atoms with Gasteiger partial charge in [-0.3, -0.25) is 9.59 Å². The molecule has 5 rings (SSSR count). The Morgan fingerprint density at radius 1 is 1.05 bits per heavy atom. The molecule has 2 aliphatic rings. The zero-order chi connectivity index (χ0) is 29.1. The number of ether oxygens (including phenoxy) is 2. The van der Waals surface area contributed by atoms with Crippen molar-refractivity contribution in [1.82, 2.24) is 25.5 Å². The SMILES string of the molecule is CC(C)(C)OC(=O)N1CC[C@H](NC(=O)c2nc(-c3cccc(C(=O)NC4CCOc5ccccc54)c3)cnc2N)C1. The number of benzene rings is 2. The average molecular weight is 559 g/mol. The van der Waals surface area contributed by atoms with E-state index in [0.717, 1.165) is 11.3 Å². The van der Waals surface area contributed by atoms with Gasteiger partial charge in [-0.1, -0.05) is 30.3 Å². The fourth-order valence-corrected chi connectivity index (χ4v) is 4.88. The molecule has 1 aromatic heterocycles. The summed E-state index contributed by atoms with van der Waals surface area (Å²) in [7, 11) is 0. The van der Waals surface area contributed by atoms with Gasteiger partial charge in [0.15, 0.2) is 11.5 Å². The number of nitrogen functional groups attached to an aromatic ring is 1. The Hall–Kier alpha value is -4.67. The van der Waals surface area contributed by atoms with Crippen LogP contribution in [-0.4, -0.2) is 64.1 Å². The smallest absolute Gasteiger partial charge is 0.410 e. The topological polar surface area (TPSA) is 149 Å². The molecule has 0 saturated carbocycles. The Morgan fingerprint density at radius 2 is 1.85 bits per heavy atom. The number of aromatic nitrogens is 2. The number of hydrogen-bond acceptors (Lipinski definition) is 8. The molecule has 1 fully saturated rings. The lowest BCUT2D eigenvalue weighted by molar-refractivity contribution is 0.0289. The highest BCUT2D eigenvalue weighted by Gasteiger charge is 2.31. The van der Waals surface area contributed by atoms with E-state index in [1.807, 2.05) is 45.0 Å². The predicted octanol–water partition coefficient (Wildman–Crippen LogP) is 3.72. The third-order valence-corrected chi connectivity index (χ3v) is 6.88. The molecule has 11 heteroatoms. The first-order valence-electron chi connectivity index (χ1n) is 13.6. The van der Waals surface area contributed by atoms with E-state index in [1.54, 1.807) is 29.2 Å². The Balaban J connectivity index is 1.27. The second-order valence-corrected chi connectivity index (χ2v) is 11.2. The normalized spacial score (nSPS) is 18.2. The standard InChI is InChI=1S/C30H34N6O5/c1-30(2,3)41-29(39)36-13-11-20(17-36)33-28(38)25-26(31)32-16-23(34-25)18-7-6-8-19(15-18)27(37)35-22-12-14-40-24-10-5-4-9-21(22)24/h4-10,15-16,20,22H,11-14,17H2,1-3H3,(H2,31,32)(H,33,38)(H,35,37)/t20-,22?/m0/s1. The highest BCUT2D eigenvalue weighted by Crippen LogP contribution is 2.32. The molecule has 3 aromatic rings. The second-order valence-electron chi connectivity index (χ2n) is 11.2. The van der Waals surface area contributed by atoms with E-state index >= 15 is 0 Å². The molecule has 3 heterocycles. The maximum absolute atomic E-state index is 13.2. The second kappa shape index (κ2) is 11.4. The molecule has 2 atom stereocenters. The van der Waals surface area contributed by atoms with Crippen LogP contribution in [0, 0.1) is 0 Å². The van der Waals surface area contributed by atoms with E-state index < -0.39 is 17.6 Å². The maximum Gasteiger partial charge on any atom is 0.410 e. The summed E-state index contributed by atoms with van der Waals surface area (Å²) >= 11 is 0. The van der Waals surface area contributed by atoms with Crippen LogP contribution in [-0.2, 0) is 4.74 Å². The van der Waals surface area contributed by atoms with Crippen molar-refractivity contribution in [2.45, 2.75) is 51.3 Å². The first kappa shape index (κ1) is 27.9. The zero-order valence-corrected chi connectivity index (χ0v) is 23.3. The van der Waals surface area contributed by atoms with Gasteiger partial charge in [0, 0.05) is 42.2 Å². The monoisotopic (exact) mass is 558 g/mol. The van der Waals surface area contributed by atoms with Gasteiger partial charge in [0.25, 0.3) is 11.8 Å². The Kier molecular flexibility index (Phi) is 7.78. The van der Waals surface area contributed by atoms with Crippen molar-refractivity contribution in [2.24, 2.45) is 0 Å². The van der Waals surface area contributed by atoms with Gasteiger partial charge in [-0.2, -0.15) is 0 Å². The lowest BCUT2D eigenvalue weighted by Gasteiger charge is -2.26. The number of hydrogen-bond donors (Lipinski definition) is 3. The van der Waals surface area contributed by atoms with Crippen LogP contribution in [0.15, 0.2) is 54.7 Å². The van der Waals surface area contributed by atoms with Crippen molar-refractivity contribution >= 4 is 23.7 Å². The molecule has 11 nitrogen and oxygen atoms in total. The lowest BCUT2D eigenvalue weighted by Crippen LogP contribution is -2.40. The number of fused-ring (bicyclic) bond motifs is 1. The number of likely N-dealkylation sites (tertiary alicyclic amines) is 1. The van der Waals surface area contributed by atoms with Gasteiger partial charge < -0.3 is 30.7 Å². The summed E-state index contributed by atoms with van der Waals surface area (Å²) in [6.07, 6.45) is 2.30. The number of nitrogens with one attached hydrogen (secondary N) is 2. The molecule has 4 N–H and O–H groups in total. The summed E-state index contributed by atoms with van der Waals surface area (Å²) in [6, 6.07) is 14.2. The average Bonchev–Trinajstić information content (AvgIpc) is 3.41. The molecule has 0 bridgehead atoms. The third-order valence-electron chi connectivity index (χ3n) is 6.88. The molecule has 2 aromatic carbocycles. The third kappa shape index (κ3) is 6.56. The summed E-state index contributed by atoms with van der Waals surface area (Å²) in [5.74, 6) is 0.0434. The van der Waals surface area contributed by atoms with Crippen molar-refractivity contribution in [3.8, 4) is 17.0 Å². The van der Waals surface area contributed by atoms with Crippen molar-refractivity contribution in [3.63, 3.8) is 0 Å². The van der Waals surface area contributed by atoms with E-state index in [-0.39, 0.29) is 29.5 Å². The Bertz CT molecular complexity index is 1470. The van der Waals surface area contributed by atoms with Crippen molar-refractivity contribution in [1.29, 1.82) is 0 Å². The maximum atomic E-state index is 13.2. The number of rotatable bonds is 5. The number of carbonyl (C=O) groups is 3. The van der Waals surface area contributed by atoms with Crippen LogP contribution >= 0.6 is 0 Å². The highest BCUT2D eigenvalue weighted by molar-refractivity contribution is 5.98. The molecular formula is C30H34N6O5. The van der Waals surface area contributed by atoms with E-state index in [9.17, 15) is 14.4 Å². The van der Waals surface area contributed by atoms with Crippen LogP contribution in [0.3, 0.4) is 0 Å². The summed E-state index contributed by atoms with van der Waals surface area (Å²) in [5.41, 5.74) is 7.80. The number of nitrogens with zero attached hydrogens (tertiary/aromatic N) is 3. The van der Waals surface area contributed by atoms with Gasteiger partial charge in [0.05, 0.1) is 24.5 Å². The summed E-state index contributed by atoms with van der Waals surface area (Å²) in [6.45, 7) is 6.73. The Labute approximate surface area is 238 Å².